The van der Waals surface area contributed by atoms with Crippen molar-refractivity contribution in [3.05, 3.63) is 60.0 Å². The summed E-state index contributed by atoms with van der Waals surface area (Å²) in [6.45, 7) is 0.363. The van der Waals surface area contributed by atoms with Crippen molar-refractivity contribution >= 4 is 16.8 Å². The summed E-state index contributed by atoms with van der Waals surface area (Å²) < 4.78 is 0. The van der Waals surface area contributed by atoms with Crippen LogP contribution in [0.15, 0.2) is 48.7 Å². The van der Waals surface area contributed by atoms with E-state index in [2.05, 4.69) is 20.5 Å². The summed E-state index contributed by atoms with van der Waals surface area (Å²) >= 11 is 0. The summed E-state index contributed by atoms with van der Waals surface area (Å²) in [4.78, 5) is 15.1. The topological polar surface area (TPSA) is 70.7 Å². The number of carbonyl (C=O) groups excluding carboxylic acids is 1. The molecule has 2 heterocycles. The van der Waals surface area contributed by atoms with Crippen molar-refractivity contribution < 1.29 is 4.79 Å². The van der Waals surface area contributed by atoms with E-state index in [-0.39, 0.29) is 5.91 Å². The highest BCUT2D eigenvalue weighted by molar-refractivity contribution is 5.97. The largest absolute Gasteiger partial charge is 0.351 e. The second kappa shape index (κ2) is 4.89. The molecule has 0 atom stereocenters. The number of para-hydroxylation sites is 1. The molecular weight excluding hydrogens is 240 g/mol. The van der Waals surface area contributed by atoms with E-state index >= 15 is 0 Å². The summed E-state index contributed by atoms with van der Waals surface area (Å²) in [5, 5.41) is 11.5. The predicted molar refractivity (Wildman–Crippen MR) is 71.5 cm³/mol. The minimum Gasteiger partial charge on any atom is -0.351 e. The highest BCUT2D eigenvalue weighted by Crippen LogP contribution is 2.14. The standard InChI is InChI=1S/C14H12N4O/c19-14(15-9-11-5-3-7-16-18-11)13-8-10-4-1-2-6-12(10)17-13/h1-8,17H,9H2,(H,15,19). The van der Waals surface area contributed by atoms with Crippen molar-refractivity contribution in [2.24, 2.45) is 0 Å². The van der Waals surface area contributed by atoms with E-state index in [4.69, 9.17) is 0 Å². The Labute approximate surface area is 109 Å². The average molecular weight is 252 g/mol. The van der Waals surface area contributed by atoms with Gasteiger partial charge in [-0.15, -0.1) is 0 Å². The second-order valence-electron chi connectivity index (χ2n) is 4.17. The Morgan fingerprint density at radius 3 is 2.89 bits per heavy atom. The lowest BCUT2D eigenvalue weighted by Crippen LogP contribution is -2.23. The van der Waals surface area contributed by atoms with E-state index in [0.717, 1.165) is 16.6 Å². The van der Waals surface area contributed by atoms with Crippen LogP contribution in [-0.2, 0) is 6.54 Å². The lowest BCUT2D eigenvalue weighted by atomic mass is 10.2. The van der Waals surface area contributed by atoms with Gasteiger partial charge in [-0.1, -0.05) is 18.2 Å². The zero-order valence-corrected chi connectivity index (χ0v) is 10.1. The van der Waals surface area contributed by atoms with Crippen LogP contribution in [0.2, 0.25) is 0 Å². The summed E-state index contributed by atoms with van der Waals surface area (Å²) in [5.74, 6) is -0.151. The fourth-order valence-electron chi connectivity index (χ4n) is 1.89. The number of carbonyl (C=O) groups is 1. The van der Waals surface area contributed by atoms with E-state index in [1.807, 2.05) is 36.4 Å². The van der Waals surface area contributed by atoms with Gasteiger partial charge in [0.15, 0.2) is 0 Å². The van der Waals surface area contributed by atoms with Crippen molar-refractivity contribution in [3.8, 4) is 0 Å². The number of aromatic amines is 1. The van der Waals surface area contributed by atoms with E-state index in [1.54, 1.807) is 12.3 Å². The lowest BCUT2D eigenvalue weighted by Gasteiger charge is -2.01. The first kappa shape index (κ1) is 11.4. The monoisotopic (exact) mass is 252 g/mol. The Hall–Kier alpha value is -2.69. The molecule has 1 aromatic carbocycles. The number of H-pyrrole nitrogens is 1. The fraction of sp³-hybridized carbons (Fsp3) is 0.0714. The summed E-state index contributed by atoms with van der Waals surface area (Å²) in [7, 11) is 0. The van der Waals surface area contributed by atoms with Crippen molar-refractivity contribution in [2.45, 2.75) is 6.54 Å². The quantitative estimate of drug-likeness (QED) is 0.747. The molecule has 0 radical (unpaired) electrons. The van der Waals surface area contributed by atoms with E-state index in [1.165, 1.54) is 0 Å². The van der Waals surface area contributed by atoms with Gasteiger partial charge in [0.25, 0.3) is 5.91 Å². The van der Waals surface area contributed by atoms with E-state index < -0.39 is 0 Å². The zero-order valence-electron chi connectivity index (χ0n) is 10.1. The van der Waals surface area contributed by atoms with Crippen LogP contribution >= 0.6 is 0 Å². The highest BCUT2D eigenvalue weighted by atomic mass is 16.1. The number of nitrogens with zero attached hydrogens (tertiary/aromatic N) is 2. The van der Waals surface area contributed by atoms with Crippen LogP contribution in [0.3, 0.4) is 0 Å². The van der Waals surface area contributed by atoms with Gasteiger partial charge in [0, 0.05) is 17.1 Å². The molecule has 0 spiro atoms. The summed E-state index contributed by atoms with van der Waals surface area (Å²) in [6.07, 6.45) is 1.60. The van der Waals surface area contributed by atoms with Gasteiger partial charge < -0.3 is 10.3 Å². The third kappa shape index (κ3) is 2.44. The van der Waals surface area contributed by atoms with Gasteiger partial charge >= 0.3 is 0 Å². The maximum absolute atomic E-state index is 12.0. The molecule has 0 bridgehead atoms. The van der Waals surface area contributed by atoms with Gasteiger partial charge in [-0.3, -0.25) is 4.79 Å². The van der Waals surface area contributed by atoms with Crippen LogP contribution in [0.5, 0.6) is 0 Å². The third-order valence-corrected chi connectivity index (χ3v) is 2.83. The van der Waals surface area contributed by atoms with E-state index in [0.29, 0.717) is 12.2 Å². The van der Waals surface area contributed by atoms with Crippen molar-refractivity contribution in [1.82, 2.24) is 20.5 Å². The predicted octanol–water partition coefficient (Wildman–Crippen LogP) is 1.89. The van der Waals surface area contributed by atoms with Crippen molar-refractivity contribution in [3.63, 3.8) is 0 Å². The maximum Gasteiger partial charge on any atom is 0.268 e. The molecular formula is C14H12N4O. The highest BCUT2D eigenvalue weighted by Gasteiger charge is 2.08. The first-order chi connectivity index (χ1) is 9.33. The molecule has 2 N–H and O–H groups in total. The first-order valence-corrected chi connectivity index (χ1v) is 5.95. The molecule has 19 heavy (non-hydrogen) atoms. The maximum atomic E-state index is 12.0. The molecule has 1 amide bonds. The normalized spacial score (nSPS) is 10.5. The van der Waals surface area contributed by atoms with Crippen LogP contribution in [0.1, 0.15) is 16.2 Å². The van der Waals surface area contributed by atoms with Gasteiger partial charge in [-0.05, 0) is 24.3 Å². The Kier molecular flexibility index (Phi) is 2.94. The molecule has 3 rings (SSSR count). The lowest BCUT2D eigenvalue weighted by molar-refractivity contribution is 0.0946. The number of hydrogen-bond donors (Lipinski definition) is 2. The number of nitrogens with one attached hydrogen (secondary N) is 2. The molecule has 3 aromatic rings. The minimum atomic E-state index is -0.151. The third-order valence-electron chi connectivity index (χ3n) is 2.83. The first-order valence-electron chi connectivity index (χ1n) is 5.95. The molecule has 5 nitrogen and oxygen atoms in total. The van der Waals surface area contributed by atoms with E-state index in [9.17, 15) is 4.79 Å². The summed E-state index contributed by atoms with van der Waals surface area (Å²) in [5.41, 5.74) is 2.23. The summed E-state index contributed by atoms with van der Waals surface area (Å²) in [6, 6.07) is 13.2. The second-order valence-corrected chi connectivity index (χ2v) is 4.17. The Balaban J connectivity index is 1.73. The van der Waals surface area contributed by atoms with Crippen LogP contribution in [0.4, 0.5) is 0 Å². The van der Waals surface area contributed by atoms with Gasteiger partial charge in [0.05, 0.1) is 12.2 Å². The number of aromatic nitrogens is 3. The van der Waals surface area contributed by atoms with Gasteiger partial charge in [0.2, 0.25) is 0 Å². The van der Waals surface area contributed by atoms with Crippen molar-refractivity contribution in [1.29, 1.82) is 0 Å². The zero-order chi connectivity index (χ0) is 13.1. The number of amides is 1. The Bertz CT molecular complexity index is 673. The molecule has 0 fully saturated rings. The van der Waals surface area contributed by atoms with Crippen LogP contribution in [-0.4, -0.2) is 21.1 Å². The average Bonchev–Trinajstić information content (AvgIpc) is 2.90. The van der Waals surface area contributed by atoms with Crippen molar-refractivity contribution in [2.75, 3.05) is 0 Å². The fourth-order valence-corrected chi connectivity index (χ4v) is 1.89. The Morgan fingerprint density at radius 2 is 2.11 bits per heavy atom. The SMILES string of the molecule is O=C(NCc1cccnn1)c1cc2ccccc2[nH]1. The molecule has 0 aliphatic rings. The molecule has 2 aromatic heterocycles. The van der Waals surface area contributed by atoms with Gasteiger partial charge in [0.1, 0.15) is 5.69 Å². The molecule has 0 aliphatic carbocycles. The van der Waals surface area contributed by atoms with Gasteiger partial charge in [-0.25, -0.2) is 0 Å². The van der Waals surface area contributed by atoms with Crippen LogP contribution in [0.25, 0.3) is 10.9 Å². The molecule has 0 unspecified atom stereocenters. The number of fused-ring (bicyclic) bond motifs is 1. The molecule has 0 saturated heterocycles. The minimum absolute atomic E-state index is 0.151. The smallest absolute Gasteiger partial charge is 0.268 e. The number of benzene rings is 1. The molecule has 0 saturated carbocycles. The number of rotatable bonds is 3. The number of hydrogen-bond acceptors (Lipinski definition) is 3. The van der Waals surface area contributed by atoms with Gasteiger partial charge in [-0.2, -0.15) is 10.2 Å². The van der Waals surface area contributed by atoms with Crippen LogP contribution in [0, 0.1) is 0 Å². The Morgan fingerprint density at radius 1 is 1.21 bits per heavy atom. The molecule has 94 valence electrons. The van der Waals surface area contributed by atoms with Crippen LogP contribution < -0.4 is 5.32 Å². The molecule has 5 heteroatoms. The molecule has 0 aliphatic heterocycles.